The highest BCUT2D eigenvalue weighted by Gasteiger charge is 1.98. The first-order valence-corrected chi connectivity index (χ1v) is 4.38. The number of aryl methyl sites for hydroxylation is 1. The molecule has 0 aliphatic rings. The lowest BCUT2D eigenvalue weighted by molar-refractivity contribution is 0.842. The predicted octanol–water partition coefficient (Wildman–Crippen LogP) is 1.08. The van der Waals surface area contributed by atoms with E-state index in [4.69, 9.17) is 11.3 Å². The van der Waals surface area contributed by atoms with Crippen LogP contribution in [0.3, 0.4) is 0 Å². The topological polar surface area (TPSA) is 61.9 Å². The van der Waals surface area contributed by atoms with Gasteiger partial charge in [0.2, 0.25) is 0 Å². The molecule has 0 aliphatic carbocycles. The highest BCUT2D eigenvalue weighted by Crippen LogP contribution is 2.05. The maximum absolute atomic E-state index is 7.61. The molecule has 1 aromatic carbocycles. The molecule has 1 rings (SSSR count). The van der Waals surface area contributed by atoms with Crippen LogP contribution in [0.15, 0.2) is 24.3 Å². The summed E-state index contributed by atoms with van der Waals surface area (Å²) in [5.41, 5.74) is 5.20. The van der Waals surface area contributed by atoms with Crippen LogP contribution in [0, 0.1) is 5.41 Å². The zero-order valence-corrected chi connectivity index (χ0v) is 7.80. The van der Waals surface area contributed by atoms with Gasteiger partial charge in [-0.2, -0.15) is 0 Å². The van der Waals surface area contributed by atoms with Crippen molar-refractivity contribution in [3.8, 4) is 0 Å². The van der Waals surface area contributed by atoms with Gasteiger partial charge in [-0.3, -0.25) is 11.3 Å². The lowest BCUT2D eigenvalue weighted by Crippen LogP contribution is -2.28. The fraction of sp³-hybridized carbons (Fsp3) is 0.300. The maximum Gasteiger partial charge on any atom is 0.0538 e. The molecule has 0 heterocycles. The van der Waals surface area contributed by atoms with Crippen LogP contribution in [0.5, 0.6) is 0 Å². The van der Waals surface area contributed by atoms with Gasteiger partial charge < -0.3 is 5.41 Å². The third-order valence-electron chi connectivity index (χ3n) is 1.99. The van der Waals surface area contributed by atoms with Gasteiger partial charge in [-0.1, -0.05) is 31.2 Å². The van der Waals surface area contributed by atoms with E-state index in [1.807, 2.05) is 24.3 Å². The molecule has 0 aromatic heterocycles. The van der Waals surface area contributed by atoms with Crippen molar-refractivity contribution in [1.29, 1.82) is 5.41 Å². The van der Waals surface area contributed by atoms with Gasteiger partial charge in [0, 0.05) is 0 Å². The molecule has 3 nitrogen and oxygen atoms in total. The Hall–Kier alpha value is -1.19. The van der Waals surface area contributed by atoms with Gasteiger partial charge in [-0.05, 0) is 17.5 Å². The predicted molar refractivity (Wildman–Crippen MR) is 54.8 cm³/mol. The van der Waals surface area contributed by atoms with Crippen LogP contribution in [-0.2, 0) is 6.42 Å². The van der Waals surface area contributed by atoms with E-state index in [0.717, 1.165) is 12.0 Å². The third kappa shape index (κ3) is 2.65. The fourth-order valence-electron chi connectivity index (χ4n) is 1.15. The van der Waals surface area contributed by atoms with E-state index < -0.39 is 0 Å². The van der Waals surface area contributed by atoms with Gasteiger partial charge in [-0.25, -0.2) is 0 Å². The molecule has 0 saturated carbocycles. The number of benzene rings is 1. The molecule has 1 aromatic rings. The number of nitrogens with one attached hydrogen (secondary N) is 2. The highest BCUT2D eigenvalue weighted by atomic mass is 15.2. The standard InChI is InChI=1S/C10H15N3/c1-2-8-3-5-9(6-4-8)10(11)7-13-12/h3-6,11,13H,2,7,12H2,1H3. The lowest BCUT2D eigenvalue weighted by Gasteiger charge is -2.03. The number of hydrogen-bond donors (Lipinski definition) is 3. The van der Waals surface area contributed by atoms with Crippen molar-refractivity contribution in [3.63, 3.8) is 0 Å². The quantitative estimate of drug-likeness (QED) is 0.366. The minimum absolute atomic E-state index is 0.408. The summed E-state index contributed by atoms with van der Waals surface area (Å²) in [6.07, 6.45) is 1.03. The van der Waals surface area contributed by atoms with Crippen LogP contribution in [-0.4, -0.2) is 12.3 Å². The van der Waals surface area contributed by atoms with E-state index in [1.54, 1.807) is 0 Å². The Morgan fingerprint density at radius 2 is 2.00 bits per heavy atom. The minimum atomic E-state index is 0.408. The molecule has 0 saturated heterocycles. The molecule has 13 heavy (non-hydrogen) atoms. The van der Waals surface area contributed by atoms with Gasteiger partial charge in [0.1, 0.15) is 0 Å². The van der Waals surface area contributed by atoms with Crippen LogP contribution in [0.2, 0.25) is 0 Å². The first-order chi connectivity index (χ1) is 6.27. The van der Waals surface area contributed by atoms with E-state index >= 15 is 0 Å². The number of hydrogen-bond acceptors (Lipinski definition) is 3. The summed E-state index contributed by atoms with van der Waals surface area (Å²) < 4.78 is 0. The molecule has 0 atom stereocenters. The van der Waals surface area contributed by atoms with Gasteiger partial charge in [0.25, 0.3) is 0 Å². The zero-order valence-electron chi connectivity index (χ0n) is 7.80. The molecular formula is C10H15N3. The molecule has 70 valence electrons. The molecule has 0 amide bonds. The first kappa shape index (κ1) is 9.89. The summed E-state index contributed by atoms with van der Waals surface area (Å²) in [6, 6.07) is 8.00. The Balaban J connectivity index is 2.74. The van der Waals surface area contributed by atoms with Crippen molar-refractivity contribution in [2.75, 3.05) is 6.54 Å². The number of hydrazine groups is 1. The summed E-state index contributed by atoms with van der Waals surface area (Å²) >= 11 is 0. The SMILES string of the molecule is CCc1ccc(C(=N)CNN)cc1. The zero-order chi connectivity index (χ0) is 9.68. The van der Waals surface area contributed by atoms with Gasteiger partial charge >= 0.3 is 0 Å². The van der Waals surface area contributed by atoms with E-state index in [0.29, 0.717) is 12.3 Å². The Kier molecular flexibility index (Phi) is 3.61. The Morgan fingerprint density at radius 3 is 2.46 bits per heavy atom. The summed E-state index contributed by atoms with van der Waals surface area (Å²) in [4.78, 5) is 0. The molecule has 0 spiro atoms. The Morgan fingerprint density at radius 1 is 1.38 bits per heavy atom. The van der Waals surface area contributed by atoms with Crippen LogP contribution < -0.4 is 11.3 Å². The average molecular weight is 177 g/mol. The van der Waals surface area contributed by atoms with E-state index in [1.165, 1.54) is 5.56 Å². The monoisotopic (exact) mass is 177 g/mol. The number of nitrogens with two attached hydrogens (primary N) is 1. The summed E-state index contributed by atoms with van der Waals surface area (Å²) in [7, 11) is 0. The molecule has 0 fully saturated rings. The second-order valence-corrected chi connectivity index (χ2v) is 2.91. The summed E-state index contributed by atoms with van der Waals surface area (Å²) in [6.45, 7) is 2.52. The van der Waals surface area contributed by atoms with Crippen molar-refractivity contribution in [3.05, 3.63) is 35.4 Å². The van der Waals surface area contributed by atoms with Crippen molar-refractivity contribution >= 4 is 5.71 Å². The summed E-state index contributed by atoms with van der Waals surface area (Å²) in [5, 5.41) is 7.61. The van der Waals surface area contributed by atoms with Gasteiger partial charge in [0.05, 0.1) is 12.3 Å². The van der Waals surface area contributed by atoms with Gasteiger partial charge in [-0.15, -0.1) is 0 Å². The largest absolute Gasteiger partial charge is 0.303 e. The van der Waals surface area contributed by atoms with E-state index in [9.17, 15) is 0 Å². The third-order valence-corrected chi connectivity index (χ3v) is 1.99. The molecular weight excluding hydrogens is 162 g/mol. The molecule has 3 heteroatoms. The van der Waals surface area contributed by atoms with Crippen molar-refractivity contribution in [1.82, 2.24) is 5.43 Å². The van der Waals surface area contributed by atoms with Crippen molar-refractivity contribution < 1.29 is 0 Å². The average Bonchev–Trinajstić information content (AvgIpc) is 2.18. The van der Waals surface area contributed by atoms with Crippen molar-refractivity contribution in [2.24, 2.45) is 5.84 Å². The Labute approximate surface area is 78.4 Å². The number of rotatable bonds is 4. The molecule has 0 radical (unpaired) electrons. The van der Waals surface area contributed by atoms with Crippen LogP contribution >= 0.6 is 0 Å². The van der Waals surface area contributed by atoms with E-state index in [-0.39, 0.29) is 0 Å². The molecule has 0 unspecified atom stereocenters. The van der Waals surface area contributed by atoms with Gasteiger partial charge in [0.15, 0.2) is 0 Å². The molecule has 4 N–H and O–H groups in total. The Bertz CT molecular complexity index is 277. The lowest BCUT2D eigenvalue weighted by atomic mass is 10.1. The fourth-order valence-corrected chi connectivity index (χ4v) is 1.15. The molecule has 0 bridgehead atoms. The van der Waals surface area contributed by atoms with Crippen LogP contribution in [0.25, 0.3) is 0 Å². The van der Waals surface area contributed by atoms with Crippen LogP contribution in [0.1, 0.15) is 18.1 Å². The van der Waals surface area contributed by atoms with Crippen LogP contribution in [0.4, 0.5) is 0 Å². The second-order valence-electron chi connectivity index (χ2n) is 2.91. The summed E-state index contributed by atoms with van der Waals surface area (Å²) in [5.74, 6) is 5.13. The minimum Gasteiger partial charge on any atom is -0.303 e. The molecule has 0 aliphatic heterocycles. The van der Waals surface area contributed by atoms with Crippen molar-refractivity contribution in [2.45, 2.75) is 13.3 Å². The second kappa shape index (κ2) is 4.74. The highest BCUT2D eigenvalue weighted by molar-refractivity contribution is 5.99. The normalized spacial score (nSPS) is 10.0. The first-order valence-electron chi connectivity index (χ1n) is 4.38. The maximum atomic E-state index is 7.61. The smallest absolute Gasteiger partial charge is 0.0538 e. The van der Waals surface area contributed by atoms with E-state index in [2.05, 4.69) is 12.3 Å².